The van der Waals surface area contributed by atoms with E-state index in [4.69, 9.17) is 0 Å². The molecular formula is C13H15FN2O3. The van der Waals surface area contributed by atoms with Crippen LogP contribution in [-0.4, -0.2) is 28.8 Å². The van der Waals surface area contributed by atoms with Crippen LogP contribution in [0, 0.1) is 15.9 Å². The molecule has 6 heteroatoms. The van der Waals surface area contributed by atoms with Crippen LogP contribution in [0.3, 0.4) is 0 Å². The molecule has 19 heavy (non-hydrogen) atoms. The molecule has 0 atom stereocenters. The van der Waals surface area contributed by atoms with E-state index >= 15 is 0 Å². The highest BCUT2D eigenvalue weighted by Crippen LogP contribution is 2.18. The molecule has 102 valence electrons. The lowest BCUT2D eigenvalue weighted by molar-refractivity contribution is -0.384. The summed E-state index contributed by atoms with van der Waals surface area (Å²) in [6, 6.07) is 2.93. The van der Waals surface area contributed by atoms with E-state index in [0.717, 1.165) is 18.2 Å². The largest absolute Gasteiger partial charge is 0.335 e. The van der Waals surface area contributed by atoms with Crippen molar-refractivity contribution in [2.24, 2.45) is 0 Å². The smallest absolute Gasteiger partial charge is 0.270 e. The van der Waals surface area contributed by atoms with E-state index in [0.29, 0.717) is 13.0 Å². The molecule has 1 rings (SSSR count). The number of hydrogen-bond donors (Lipinski definition) is 0. The van der Waals surface area contributed by atoms with Gasteiger partial charge in [-0.3, -0.25) is 14.9 Å². The van der Waals surface area contributed by atoms with Crippen LogP contribution < -0.4 is 0 Å². The Morgan fingerprint density at radius 2 is 2.26 bits per heavy atom. The summed E-state index contributed by atoms with van der Waals surface area (Å²) in [5, 5.41) is 10.7. The number of benzene rings is 1. The SMILES string of the molecule is C=CCN(CCC)C(=O)c1cc([N+](=O)[O-])ccc1F. The Morgan fingerprint density at radius 1 is 1.58 bits per heavy atom. The van der Waals surface area contributed by atoms with Gasteiger partial charge in [0.05, 0.1) is 10.5 Å². The fraction of sp³-hybridized carbons (Fsp3) is 0.308. The zero-order chi connectivity index (χ0) is 14.4. The number of carbonyl (C=O) groups excluding carboxylic acids is 1. The van der Waals surface area contributed by atoms with Crippen LogP contribution in [-0.2, 0) is 0 Å². The van der Waals surface area contributed by atoms with Gasteiger partial charge < -0.3 is 4.90 Å². The minimum Gasteiger partial charge on any atom is -0.335 e. The predicted octanol–water partition coefficient (Wildman–Crippen LogP) is 2.77. The van der Waals surface area contributed by atoms with Gasteiger partial charge in [-0.25, -0.2) is 4.39 Å². The summed E-state index contributed by atoms with van der Waals surface area (Å²) < 4.78 is 13.6. The maximum Gasteiger partial charge on any atom is 0.270 e. The first-order valence-corrected chi connectivity index (χ1v) is 5.85. The van der Waals surface area contributed by atoms with E-state index < -0.39 is 16.6 Å². The third-order valence-electron chi connectivity index (χ3n) is 2.52. The molecule has 0 saturated carbocycles. The molecule has 0 aliphatic carbocycles. The minimum absolute atomic E-state index is 0.273. The van der Waals surface area contributed by atoms with Gasteiger partial charge in [0.25, 0.3) is 11.6 Å². The van der Waals surface area contributed by atoms with E-state index in [1.54, 1.807) is 0 Å². The number of amides is 1. The van der Waals surface area contributed by atoms with Crippen LogP contribution >= 0.6 is 0 Å². The number of nitro benzene ring substituents is 1. The van der Waals surface area contributed by atoms with Gasteiger partial charge in [-0.15, -0.1) is 6.58 Å². The molecule has 1 amide bonds. The molecule has 0 aromatic heterocycles. The number of nitrogens with zero attached hydrogens (tertiary/aromatic N) is 2. The quantitative estimate of drug-likeness (QED) is 0.452. The van der Waals surface area contributed by atoms with Gasteiger partial charge in [-0.05, 0) is 12.5 Å². The summed E-state index contributed by atoms with van der Waals surface area (Å²) in [5.41, 5.74) is -0.593. The summed E-state index contributed by atoms with van der Waals surface area (Å²) in [7, 11) is 0. The highest BCUT2D eigenvalue weighted by atomic mass is 19.1. The van der Waals surface area contributed by atoms with Gasteiger partial charge in [-0.2, -0.15) is 0 Å². The van der Waals surface area contributed by atoms with Gasteiger partial charge >= 0.3 is 0 Å². The van der Waals surface area contributed by atoms with E-state index in [-0.39, 0.29) is 17.8 Å². The highest BCUT2D eigenvalue weighted by molar-refractivity contribution is 5.95. The Balaban J connectivity index is 3.12. The fourth-order valence-corrected chi connectivity index (χ4v) is 1.66. The van der Waals surface area contributed by atoms with Gasteiger partial charge in [0.1, 0.15) is 5.82 Å². The number of nitro groups is 1. The van der Waals surface area contributed by atoms with Crippen molar-refractivity contribution in [1.29, 1.82) is 0 Å². The molecule has 1 aromatic carbocycles. The van der Waals surface area contributed by atoms with Crippen LogP contribution in [0.5, 0.6) is 0 Å². The average Bonchev–Trinajstić information content (AvgIpc) is 2.38. The third kappa shape index (κ3) is 3.61. The van der Waals surface area contributed by atoms with Crippen LogP contribution in [0.1, 0.15) is 23.7 Å². The molecule has 0 aliphatic rings. The molecule has 0 fully saturated rings. The van der Waals surface area contributed by atoms with Gasteiger partial charge in [0.15, 0.2) is 0 Å². The van der Waals surface area contributed by atoms with Crippen LogP contribution in [0.2, 0.25) is 0 Å². The Hall–Kier alpha value is -2.24. The summed E-state index contributed by atoms with van der Waals surface area (Å²) in [6.07, 6.45) is 2.24. The Bertz CT molecular complexity index is 503. The Kier molecular flexibility index (Phi) is 5.17. The van der Waals surface area contributed by atoms with Crippen molar-refractivity contribution in [2.45, 2.75) is 13.3 Å². The number of rotatable bonds is 6. The minimum atomic E-state index is -0.763. The molecule has 0 aliphatic heterocycles. The second-order valence-corrected chi connectivity index (χ2v) is 3.96. The molecule has 0 unspecified atom stereocenters. The Morgan fingerprint density at radius 3 is 2.79 bits per heavy atom. The van der Waals surface area contributed by atoms with Crippen LogP contribution in [0.15, 0.2) is 30.9 Å². The van der Waals surface area contributed by atoms with E-state index in [2.05, 4.69) is 6.58 Å². The lowest BCUT2D eigenvalue weighted by Gasteiger charge is -2.20. The number of hydrogen-bond acceptors (Lipinski definition) is 3. The number of halogens is 1. The predicted molar refractivity (Wildman–Crippen MR) is 69.4 cm³/mol. The lowest BCUT2D eigenvalue weighted by Crippen LogP contribution is -2.32. The van der Waals surface area contributed by atoms with E-state index in [9.17, 15) is 19.3 Å². The zero-order valence-electron chi connectivity index (χ0n) is 10.6. The standard InChI is InChI=1S/C13H15FN2O3/c1-3-7-15(8-4-2)13(17)11-9-10(16(18)19)5-6-12(11)14/h3,5-6,9H,1,4,7-8H2,2H3. The van der Waals surface area contributed by atoms with Crippen molar-refractivity contribution in [2.75, 3.05) is 13.1 Å². The third-order valence-corrected chi connectivity index (χ3v) is 2.52. The average molecular weight is 266 g/mol. The molecular weight excluding hydrogens is 251 g/mol. The Labute approximate surface area is 110 Å². The molecule has 1 aromatic rings. The second kappa shape index (κ2) is 6.63. The lowest BCUT2D eigenvalue weighted by atomic mass is 10.1. The molecule has 0 spiro atoms. The first kappa shape index (κ1) is 14.8. The summed E-state index contributed by atoms with van der Waals surface area (Å²) >= 11 is 0. The molecule has 5 nitrogen and oxygen atoms in total. The molecule has 0 radical (unpaired) electrons. The highest BCUT2D eigenvalue weighted by Gasteiger charge is 2.21. The molecule has 0 N–H and O–H groups in total. The first-order valence-electron chi connectivity index (χ1n) is 5.85. The van der Waals surface area contributed by atoms with E-state index in [1.165, 1.54) is 11.0 Å². The summed E-state index contributed by atoms with van der Waals surface area (Å²) in [4.78, 5) is 23.5. The maximum atomic E-state index is 13.6. The van der Waals surface area contributed by atoms with Gasteiger partial charge in [-0.1, -0.05) is 13.0 Å². The fourth-order valence-electron chi connectivity index (χ4n) is 1.66. The summed E-state index contributed by atoms with van der Waals surface area (Å²) in [6.45, 7) is 6.12. The van der Waals surface area contributed by atoms with Crippen molar-refractivity contribution in [1.82, 2.24) is 4.90 Å². The first-order chi connectivity index (χ1) is 9.01. The van der Waals surface area contributed by atoms with E-state index in [1.807, 2.05) is 6.92 Å². The second-order valence-electron chi connectivity index (χ2n) is 3.96. The number of carbonyl (C=O) groups is 1. The zero-order valence-corrected chi connectivity index (χ0v) is 10.6. The molecule has 0 heterocycles. The van der Waals surface area contributed by atoms with Gasteiger partial charge in [0.2, 0.25) is 0 Å². The number of non-ortho nitro benzene ring substituents is 1. The van der Waals surface area contributed by atoms with Gasteiger partial charge in [0, 0.05) is 25.2 Å². The van der Waals surface area contributed by atoms with Crippen molar-refractivity contribution in [3.63, 3.8) is 0 Å². The summed E-state index contributed by atoms with van der Waals surface area (Å²) in [5.74, 6) is -1.33. The molecule has 0 saturated heterocycles. The van der Waals surface area contributed by atoms with Crippen molar-refractivity contribution < 1.29 is 14.1 Å². The monoisotopic (exact) mass is 266 g/mol. The normalized spacial score (nSPS) is 10.0. The van der Waals surface area contributed by atoms with Crippen molar-refractivity contribution >= 4 is 11.6 Å². The molecule has 0 bridgehead atoms. The maximum absolute atomic E-state index is 13.6. The van der Waals surface area contributed by atoms with Crippen molar-refractivity contribution in [3.05, 3.63) is 52.3 Å². The van der Waals surface area contributed by atoms with Crippen LogP contribution in [0.25, 0.3) is 0 Å². The van der Waals surface area contributed by atoms with Crippen LogP contribution in [0.4, 0.5) is 10.1 Å². The topological polar surface area (TPSA) is 63.5 Å². The van der Waals surface area contributed by atoms with Crippen molar-refractivity contribution in [3.8, 4) is 0 Å².